The first-order valence-corrected chi connectivity index (χ1v) is 9.33. The van der Waals surface area contributed by atoms with Crippen LogP contribution >= 0.6 is 22.9 Å². The minimum Gasteiger partial charge on any atom is -0.380 e. The SMILES string of the molecule is COCc1cccc(C(=O)Nc2ncc(Cc3ccc(C)c(Cl)c3)s2)c1. The number of carbonyl (C=O) groups excluding carboxylic acids is 1. The number of nitrogens with one attached hydrogen (secondary N) is 1. The Labute approximate surface area is 161 Å². The summed E-state index contributed by atoms with van der Waals surface area (Å²) in [5.41, 5.74) is 3.72. The van der Waals surface area contributed by atoms with Gasteiger partial charge >= 0.3 is 0 Å². The summed E-state index contributed by atoms with van der Waals surface area (Å²) in [6.07, 6.45) is 2.52. The molecule has 0 fully saturated rings. The lowest BCUT2D eigenvalue weighted by molar-refractivity contribution is 0.102. The Hall–Kier alpha value is -2.21. The van der Waals surface area contributed by atoms with Crippen LogP contribution in [-0.2, 0) is 17.8 Å². The summed E-state index contributed by atoms with van der Waals surface area (Å²) < 4.78 is 5.11. The van der Waals surface area contributed by atoms with Gasteiger partial charge in [-0.15, -0.1) is 11.3 Å². The lowest BCUT2D eigenvalue weighted by atomic mass is 10.1. The number of ether oxygens (including phenoxy) is 1. The average molecular weight is 387 g/mol. The van der Waals surface area contributed by atoms with Gasteiger partial charge < -0.3 is 4.74 Å². The van der Waals surface area contributed by atoms with E-state index in [2.05, 4.69) is 16.4 Å². The van der Waals surface area contributed by atoms with E-state index in [-0.39, 0.29) is 5.91 Å². The van der Waals surface area contributed by atoms with Crippen LogP contribution in [0.1, 0.15) is 31.9 Å². The molecule has 6 heteroatoms. The number of halogens is 1. The highest BCUT2D eigenvalue weighted by Gasteiger charge is 2.10. The molecule has 0 spiro atoms. The average Bonchev–Trinajstić information content (AvgIpc) is 3.05. The minimum atomic E-state index is -0.178. The van der Waals surface area contributed by atoms with E-state index in [1.165, 1.54) is 11.3 Å². The van der Waals surface area contributed by atoms with Crippen LogP contribution in [0.4, 0.5) is 5.13 Å². The van der Waals surface area contributed by atoms with Crippen molar-refractivity contribution in [1.82, 2.24) is 4.98 Å². The van der Waals surface area contributed by atoms with Crippen molar-refractivity contribution in [2.75, 3.05) is 12.4 Å². The maximum Gasteiger partial charge on any atom is 0.257 e. The van der Waals surface area contributed by atoms with Crippen LogP contribution in [0.5, 0.6) is 0 Å². The van der Waals surface area contributed by atoms with Gasteiger partial charge in [-0.3, -0.25) is 10.1 Å². The standard InChI is InChI=1S/C20H19ClN2O2S/c1-13-6-7-14(10-18(13)21)9-17-11-22-20(26-17)23-19(24)16-5-3-4-15(8-16)12-25-2/h3-8,10-11H,9,12H2,1-2H3,(H,22,23,24). The third-order valence-corrected chi connectivity index (χ3v) is 5.21. The molecule has 0 aliphatic rings. The molecular weight excluding hydrogens is 368 g/mol. The number of benzene rings is 2. The van der Waals surface area contributed by atoms with Crippen molar-refractivity contribution < 1.29 is 9.53 Å². The van der Waals surface area contributed by atoms with Gasteiger partial charge in [-0.05, 0) is 41.8 Å². The molecule has 1 aromatic heterocycles. The Morgan fingerprint density at radius 2 is 2.08 bits per heavy atom. The van der Waals surface area contributed by atoms with Crippen LogP contribution in [0.15, 0.2) is 48.7 Å². The summed E-state index contributed by atoms with van der Waals surface area (Å²) in [7, 11) is 1.63. The van der Waals surface area contributed by atoms with Gasteiger partial charge in [-0.25, -0.2) is 4.98 Å². The van der Waals surface area contributed by atoms with Crippen molar-refractivity contribution in [2.45, 2.75) is 20.0 Å². The van der Waals surface area contributed by atoms with E-state index in [9.17, 15) is 4.79 Å². The van der Waals surface area contributed by atoms with Crippen molar-refractivity contribution in [3.05, 3.63) is 80.8 Å². The summed E-state index contributed by atoms with van der Waals surface area (Å²) in [4.78, 5) is 17.8. The van der Waals surface area contributed by atoms with Crippen LogP contribution in [-0.4, -0.2) is 18.0 Å². The minimum absolute atomic E-state index is 0.178. The molecule has 0 atom stereocenters. The second-order valence-electron chi connectivity index (χ2n) is 5.98. The maximum atomic E-state index is 12.4. The molecule has 3 rings (SSSR count). The number of carbonyl (C=O) groups is 1. The van der Waals surface area contributed by atoms with E-state index in [0.29, 0.717) is 17.3 Å². The molecule has 1 heterocycles. The topological polar surface area (TPSA) is 51.2 Å². The quantitative estimate of drug-likeness (QED) is 0.641. The molecule has 0 aliphatic carbocycles. The van der Waals surface area contributed by atoms with Gasteiger partial charge in [-0.2, -0.15) is 0 Å². The lowest BCUT2D eigenvalue weighted by Gasteiger charge is -2.04. The molecule has 0 saturated heterocycles. The molecule has 0 aliphatic heterocycles. The number of methoxy groups -OCH3 is 1. The summed E-state index contributed by atoms with van der Waals surface area (Å²) in [5, 5.41) is 4.20. The Bertz CT molecular complexity index is 924. The summed E-state index contributed by atoms with van der Waals surface area (Å²) in [6.45, 7) is 2.45. The van der Waals surface area contributed by atoms with Crippen LogP contribution in [0.25, 0.3) is 0 Å². The number of hydrogen-bond donors (Lipinski definition) is 1. The molecule has 134 valence electrons. The van der Waals surface area contributed by atoms with E-state index < -0.39 is 0 Å². The molecule has 0 saturated carbocycles. The number of aromatic nitrogens is 1. The number of thiazole rings is 1. The highest BCUT2D eigenvalue weighted by atomic mass is 35.5. The maximum absolute atomic E-state index is 12.4. The molecule has 2 aromatic carbocycles. The summed E-state index contributed by atoms with van der Waals surface area (Å²) >= 11 is 7.64. The molecule has 3 aromatic rings. The van der Waals surface area contributed by atoms with Gasteiger partial charge in [0.1, 0.15) is 0 Å². The number of aryl methyl sites for hydroxylation is 1. The number of hydrogen-bond acceptors (Lipinski definition) is 4. The smallest absolute Gasteiger partial charge is 0.257 e. The second-order valence-corrected chi connectivity index (χ2v) is 7.50. The van der Waals surface area contributed by atoms with E-state index in [4.69, 9.17) is 16.3 Å². The first-order valence-electron chi connectivity index (χ1n) is 8.14. The van der Waals surface area contributed by atoms with Gasteiger partial charge in [0.25, 0.3) is 5.91 Å². The fourth-order valence-corrected chi connectivity index (χ4v) is 3.58. The number of nitrogens with zero attached hydrogens (tertiary/aromatic N) is 1. The molecule has 1 amide bonds. The van der Waals surface area contributed by atoms with Crippen molar-refractivity contribution in [1.29, 1.82) is 0 Å². The number of rotatable bonds is 6. The molecule has 0 unspecified atom stereocenters. The summed E-state index contributed by atoms with van der Waals surface area (Å²) in [5.74, 6) is -0.178. The normalized spacial score (nSPS) is 10.7. The van der Waals surface area contributed by atoms with Crippen molar-refractivity contribution in [3.8, 4) is 0 Å². The zero-order valence-corrected chi connectivity index (χ0v) is 16.2. The fourth-order valence-electron chi connectivity index (χ4n) is 2.53. The van der Waals surface area contributed by atoms with Gasteiger partial charge in [0.15, 0.2) is 5.13 Å². The van der Waals surface area contributed by atoms with E-state index in [1.54, 1.807) is 19.4 Å². The lowest BCUT2D eigenvalue weighted by Crippen LogP contribution is -2.11. The van der Waals surface area contributed by atoms with Gasteiger partial charge in [-0.1, -0.05) is 35.9 Å². The van der Waals surface area contributed by atoms with E-state index >= 15 is 0 Å². The highest BCUT2D eigenvalue weighted by Crippen LogP contribution is 2.24. The van der Waals surface area contributed by atoms with Crippen molar-refractivity contribution in [2.24, 2.45) is 0 Å². The molecular formula is C20H19ClN2O2S. The predicted molar refractivity (Wildman–Crippen MR) is 106 cm³/mol. The first-order chi connectivity index (χ1) is 12.5. The van der Waals surface area contributed by atoms with Gasteiger partial charge in [0, 0.05) is 35.2 Å². The van der Waals surface area contributed by atoms with Crippen molar-refractivity contribution >= 4 is 34.0 Å². The van der Waals surface area contributed by atoms with Crippen molar-refractivity contribution in [3.63, 3.8) is 0 Å². The molecule has 4 nitrogen and oxygen atoms in total. The van der Waals surface area contributed by atoms with Crippen LogP contribution < -0.4 is 5.32 Å². The van der Waals surface area contributed by atoms with Crippen LogP contribution in [0, 0.1) is 6.92 Å². The highest BCUT2D eigenvalue weighted by molar-refractivity contribution is 7.15. The third kappa shape index (κ3) is 4.69. The molecule has 26 heavy (non-hydrogen) atoms. The van der Waals surface area contributed by atoms with Crippen LogP contribution in [0.3, 0.4) is 0 Å². The Morgan fingerprint density at radius 1 is 1.23 bits per heavy atom. The summed E-state index contributed by atoms with van der Waals surface area (Å²) in [6, 6.07) is 13.4. The Kier molecular flexibility index (Phi) is 6.04. The number of anilines is 1. The monoisotopic (exact) mass is 386 g/mol. The second kappa shape index (κ2) is 8.45. The number of amides is 1. The zero-order chi connectivity index (χ0) is 18.5. The predicted octanol–water partition coefficient (Wildman–Crippen LogP) is 5.09. The third-order valence-electron chi connectivity index (χ3n) is 3.89. The van der Waals surface area contributed by atoms with E-state index in [1.807, 2.05) is 37.3 Å². The molecule has 1 N–H and O–H groups in total. The fraction of sp³-hybridized carbons (Fsp3) is 0.200. The molecule has 0 bridgehead atoms. The largest absolute Gasteiger partial charge is 0.380 e. The van der Waals surface area contributed by atoms with Gasteiger partial charge in [0.2, 0.25) is 0 Å². The van der Waals surface area contributed by atoms with Crippen LogP contribution in [0.2, 0.25) is 5.02 Å². The molecule has 0 radical (unpaired) electrons. The zero-order valence-electron chi connectivity index (χ0n) is 14.6. The van der Waals surface area contributed by atoms with E-state index in [0.717, 1.165) is 33.0 Å². The Balaban J connectivity index is 1.67. The first kappa shape index (κ1) is 18.6. The Morgan fingerprint density at radius 3 is 2.85 bits per heavy atom. The van der Waals surface area contributed by atoms with Gasteiger partial charge in [0.05, 0.1) is 6.61 Å².